The lowest BCUT2D eigenvalue weighted by Gasteiger charge is -2.18. The van der Waals surface area contributed by atoms with Crippen LogP contribution in [0.4, 0.5) is 10.5 Å². The molecule has 0 fully saturated rings. The first-order chi connectivity index (χ1) is 6.29. The predicted molar refractivity (Wildman–Crippen MR) is 50.7 cm³/mol. The topological polar surface area (TPSA) is 29.5 Å². The van der Waals surface area contributed by atoms with E-state index in [1.54, 1.807) is 6.07 Å². The molecule has 3 heteroatoms. The zero-order valence-corrected chi connectivity index (χ0v) is 7.78. The van der Waals surface area contributed by atoms with Gasteiger partial charge in [0, 0.05) is 12.6 Å². The Hall–Kier alpha value is -1.51. The number of carbonyl (C=O) groups is 1. The summed E-state index contributed by atoms with van der Waals surface area (Å²) in [4.78, 5) is 12.7. The Morgan fingerprint density at radius 1 is 1.62 bits per heavy atom. The van der Waals surface area contributed by atoms with Crippen molar-refractivity contribution >= 4 is 11.8 Å². The number of benzene rings is 1. The van der Waals surface area contributed by atoms with Gasteiger partial charge in [0.15, 0.2) is 0 Å². The molecule has 0 aliphatic heterocycles. The molecule has 0 saturated carbocycles. The summed E-state index contributed by atoms with van der Waals surface area (Å²) in [6.07, 6.45) is -0.357. The van der Waals surface area contributed by atoms with Gasteiger partial charge in [-0.15, -0.1) is 0 Å². The predicted octanol–water partition coefficient (Wildman–Crippen LogP) is 2.08. The smallest absolute Gasteiger partial charge is 0.414 e. The van der Waals surface area contributed by atoms with Gasteiger partial charge < -0.3 is 4.74 Å². The van der Waals surface area contributed by atoms with Crippen LogP contribution in [-0.4, -0.2) is 19.7 Å². The summed E-state index contributed by atoms with van der Waals surface area (Å²) in [5.41, 5.74) is 0.733. The van der Waals surface area contributed by atoms with Crippen LogP contribution in [0.25, 0.3) is 0 Å². The Labute approximate surface area is 77.9 Å². The van der Waals surface area contributed by atoms with Gasteiger partial charge in [0.2, 0.25) is 0 Å². The van der Waals surface area contributed by atoms with Gasteiger partial charge in [-0.2, -0.15) is 0 Å². The molecule has 0 spiro atoms. The monoisotopic (exact) mass is 178 g/mol. The number of hydrogen-bond acceptors (Lipinski definition) is 2. The Bertz CT molecular complexity index is 272. The van der Waals surface area contributed by atoms with E-state index in [1.165, 1.54) is 12.0 Å². The second kappa shape index (κ2) is 4.50. The van der Waals surface area contributed by atoms with Crippen molar-refractivity contribution < 1.29 is 9.53 Å². The normalized spacial score (nSPS) is 9.38. The highest BCUT2D eigenvalue weighted by Crippen LogP contribution is 2.12. The molecule has 0 saturated heterocycles. The first-order valence-electron chi connectivity index (χ1n) is 4.11. The summed E-state index contributed by atoms with van der Waals surface area (Å²) < 4.78 is 4.62. The Kier molecular flexibility index (Phi) is 3.31. The molecule has 3 nitrogen and oxygen atoms in total. The summed E-state index contributed by atoms with van der Waals surface area (Å²) in [7, 11) is 1.37. The Balaban J connectivity index is 2.85. The summed E-state index contributed by atoms with van der Waals surface area (Å²) in [5.74, 6) is 0. The maximum Gasteiger partial charge on any atom is 0.414 e. The van der Waals surface area contributed by atoms with Gasteiger partial charge >= 0.3 is 6.09 Å². The molecule has 1 radical (unpaired) electrons. The molecule has 1 aromatic carbocycles. The molecule has 0 bridgehead atoms. The van der Waals surface area contributed by atoms with Gasteiger partial charge in [0.25, 0.3) is 0 Å². The van der Waals surface area contributed by atoms with Crippen molar-refractivity contribution in [3.8, 4) is 0 Å². The third-order valence-electron chi connectivity index (χ3n) is 1.69. The molecular weight excluding hydrogens is 166 g/mol. The van der Waals surface area contributed by atoms with E-state index in [0.29, 0.717) is 6.54 Å². The highest BCUT2D eigenvalue weighted by molar-refractivity contribution is 5.87. The third kappa shape index (κ3) is 2.21. The van der Waals surface area contributed by atoms with E-state index in [2.05, 4.69) is 10.8 Å². The van der Waals surface area contributed by atoms with Crippen LogP contribution in [0.15, 0.2) is 24.3 Å². The van der Waals surface area contributed by atoms with Gasteiger partial charge in [0.1, 0.15) is 0 Å². The van der Waals surface area contributed by atoms with Crippen LogP contribution < -0.4 is 4.90 Å². The van der Waals surface area contributed by atoms with E-state index in [4.69, 9.17) is 0 Å². The first kappa shape index (κ1) is 9.58. The lowest BCUT2D eigenvalue weighted by atomic mass is 10.3. The van der Waals surface area contributed by atoms with Crippen LogP contribution >= 0.6 is 0 Å². The molecule has 0 aromatic heterocycles. The highest BCUT2D eigenvalue weighted by atomic mass is 16.5. The van der Waals surface area contributed by atoms with Crippen molar-refractivity contribution in [1.82, 2.24) is 0 Å². The van der Waals surface area contributed by atoms with Crippen molar-refractivity contribution in [3.05, 3.63) is 30.3 Å². The zero-order chi connectivity index (χ0) is 9.68. The standard InChI is InChI=1S/C10H12NO2/c1-3-11(10(12)13-2)9-7-5-4-6-8-9/h4-7H,3H2,1-2H3. The molecule has 0 N–H and O–H groups in total. The van der Waals surface area contributed by atoms with Crippen molar-refractivity contribution in [3.63, 3.8) is 0 Å². The molecule has 0 aliphatic rings. The molecule has 1 amide bonds. The lowest BCUT2D eigenvalue weighted by molar-refractivity contribution is 0.179. The molecule has 0 atom stereocenters. The van der Waals surface area contributed by atoms with Crippen LogP contribution in [0.3, 0.4) is 0 Å². The summed E-state index contributed by atoms with van der Waals surface area (Å²) in [6.45, 7) is 2.46. The van der Waals surface area contributed by atoms with Gasteiger partial charge in [-0.3, -0.25) is 4.90 Å². The average molecular weight is 178 g/mol. The molecule has 0 heterocycles. The van der Waals surface area contributed by atoms with E-state index in [1.807, 2.05) is 25.1 Å². The summed E-state index contributed by atoms with van der Waals surface area (Å²) in [6, 6.07) is 10.3. The van der Waals surface area contributed by atoms with Crippen molar-refractivity contribution in [1.29, 1.82) is 0 Å². The Morgan fingerprint density at radius 2 is 2.38 bits per heavy atom. The van der Waals surface area contributed by atoms with Crippen LogP contribution in [0.5, 0.6) is 0 Å². The van der Waals surface area contributed by atoms with Crippen molar-refractivity contribution in [2.24, 2.45) is 0 Å². The number of amides is 1. The molecule has 1 aromatic rings. The van der Waals surface area contributed by atoms with Gasteiger partial charge in [-0.25, -0.2) is 4.79 Å². The maximum atomic E-state index is 11.2. The highest BCUT2D eigenvalue weighted by Gasteiger charge is 2.12. The number of nitrogens with zero attached hydrogens (tertiary/aromatic N) is 1. The quantitative estimate of drug-likeness (QED) is 0.693. The average Bonchev–Trinajstić information content (AvgIpc) is 2.20. The number of ether oxygens (including phenoxy) is 1. The Morgan fingerprint density at radius 3 is 2.85 bits per heavy atom. The van der Waals surface area contributed by atoms with E-state index in [9.17, 15) is 4.79 Å². The molecular formula is C10H12NO2. The van der Waals surface area contributed by atoms with E-state index in [-0.39, 0.29) is 6.09 Å². The van der Waals surface area contributed by atoms with E-state index < -0.39 is 0 Å². The number of hydrogen-bond donors (Lipinski definition) is 0. The van der Waals surface area contributed by atoms with Crippen LogP contribution in [0.2, 0.25) is 0 Å². The minimum Gasteiger partial charge on any atom is -0.452 e. The molecule has 0 aliphatic carbocycles. The lowest BCUT2D eigenvalue weighted by Crippen LogP contribution is -2.30. The van der Waals surface area contributed by atoms with Crippen LogP contribution in [-0.2, 0) is 4.74 Å². The fourth-order valence-corrected chi connectivity index (χ4v) is 1.06. The van der Waals surface area contributed by atoms with E-state index >= 15 is 0 Å². The van der Waals surface area contributed by atoms with Crippen LogP contribution in [0, 0.1) is 6.07 Å². The second-order valence-electron chi connectivity index (χ2n) is 2.46. The molecule has 13 heavy (non-hydrogen) atoms. The minimum atomic E-state index is -0.357. The van der Waals surface area contributed by atoms with Crippen LogP contribution in [0.1, 0.15) is 6.92 Å². The number of para-hydroxylation sites is 1. The molecule has 69 valence electrons. The summed E-state index contributed by atoms with van der Waals surface area (Å²) >= 11 is 0. The molecule has 1 rings (SSSR count). The fourth-order valence-electron chi connectivity index (χ4n) is 1.06. The number of rotatable bonds is 2. The number of carbonyl (C=O) groups excluding carboxylic acids is 1. The third-order valence-corrected chi connectivity index (χ3v) is 1.69. The maximum absolute atomic E-state index is 11.2. The zero-order valence-electron chi connectivity index (χ0n) is 7.78. The van der Waals surface area contributed by atoms with Gasteiger partial charge in [-0.05, 0) is 13.0 Å². The summed E-state index contributed by atoms with van der Waals surface area (Å²) in [5, 5.41) is 0. The second-order valence-corrected chi connectivity index (χ2v) is 2.46. The van der Waals surface area contributed by atoms with Gasteiger partial charge in [0.05, 0.1) is 12.8 Å². The SMILES string of the molecule is CCN(C(=O)OC)c1[c]cccc1. The largest absolute Gasteiger partial charge is 0.452 e. The minimum absolute atomic E-state index is 0.357. The molecule has 0 unspecified atom stereocenters. The number of anilines is 1. The van der Waals surface area contributed by atoms with Crippen molar-refractivity contribution in [2.45, 2.75) is 6.92 Å². The fraction of sp³-hybridized carbons (Fsp3) is 0.300. The van der Waals surface area contributed by atoms with E-state index in [0.717, 1.165) is 5.69 Å². The van der Waals surface area contributed by atoms with Gasteiger partial charge in [-0.1, -0.05) is 18.2 Å². The first-order valence-corrected chi connectivity index (χ1v) is 4.11. The van der Waals surface area contributed by atoms with Crippen molar-refractivity contribution in [2.75, 3.05) is 18.6 Å². The number of methoxy groups -OCH3 is 1.